The number of nitrogen functional groups attached to an aromatic ring is 2. The molecule has 0 radical (unpaired) electrons. The smallest absolute Gasteiger partial charge is 0.222 e. The number of methoxy groups -OCH3 is 1. The highest BCUT2D eigenvalue weighted by Gasteiger charge is 2.18. The first-order valence-electron chi connectivity index (χ1n) is 7.95. The van der Waals surface area contributed by atoms with E-state index in [9.17, 15) is 0 Å². The van der Waals surface area contributed by atoms with Crippen LogP contribution >= 0.6 is 0 Å². The molecule has 6 nitrogen and oxygen atoms in total. The minimum atomic E-state index is 0.200. The van der Waals surface area contributed by atoms with Gasteiger partial charge in [-0.05, 0) is 31.0 Å². The lowest BCUT2D eigenvalue weighted by molar-refractivity contribution is 0.176. The van der Waals surface area contributed by atoms with Gasteiger partial charge in [-0.25, -0.2) is 4.98 Å². The normalized spacial score (nSPS) is 11.8. The summed E-state index contributed by atoms with van der Waals surface area (Å²) in [6.45, 7) is 4.97. The van der Waals surface area contributed by atoms with Crippen LogP contribution in [0.4, 0.5) is 11.8 Å². The molecule has 2 aromatic heterocycles. The van der Waals surface area contributed by atoms with Crippen molar-refractivity contribution in [1.29, 1.82) is 0 Å². The maximum atomic E-state index is 6.13. The topological polar surface area (TPSA) is 92.0 Å². The first-order valence-corrected chi connectivity index (χ1v) is 7.95. The van der Waals surface area contributed by atoms with Crippen molar-refractivity contribution in [3.05, 3.63) is 23.9 Å². The van der Waals surface area contributed by atoms with Gasteiger partial charge in [0.25, 0.3) is 0 Å². The van der Waals surface area contributed by atoms with Crippen molar-refractivity contribution >= 4 is 33.6 Å². The van der Waals surface area contributed by atoms with E-state index >= 15 is 0 Å². The van der Waals surface area contributed by atoms with Gasteiger partial charge in [0, 0.05) is 29.7 Å². The minimum absolute atomic E-state index is 0.200. The van der Waals surface area contributed by atoms with Crippen LogP contribution in [0.15, 0.2) is 18.2 Å². The summed E-state index contributed by atoms with van der Waals surface area (Å²) in [6, 6.07) is 6.60. The van der Waals surface area contributed by atoms with Crippen LogP contribution in [0.1, 0.15) is 38.4 Å². The van der Waals surface area contributed by atoms with Gasteiger partial charge in [-0.2, -0.15) is 4.98 Å². The first kappa shape index (κ1) is 15.6. The number of ether oxygens (including phenoxy) is 1. The van der Waals surface area contributed by atoms with Crippen molar-refractivity contribution in [2.75, 3.05) is 18.6 Å². The van der Waals surface area contributed by atoms with Crippen molar-refractivity contribution in [3.8, 4) is 0 Å². The summed E-state index contributed by atoms with van der Waals surface area (Å²) < 4.78 is 7.75. The molecule has 3 rings (SSSR count). The van der Waals surface area contributed by atoms with Crippen LogP contribution in [0.3, 0.4) is 0 Å². The minimum Gasteiger partial charge on any atom is -0.383 e. The third-order valence-corrected chi connectivity index (χ3v) is 4.41. The van der Waals surface area contributed by atoms with E-state index in [2.05, 4.69) is 40.5 Å². The Bertz CT molecular complexity index is 851. The number of nitrogens with two attached hydrogens (primary N) is 2. The maximum absolute atomic E-state index is 6.13. The number of anilines is 2. The average Bonchev–Trinajstić information content (AvgIpc) is 2.87. The van der Waals surface area contributed by atoms with Crippen LogP contribution < -0.4 is 11.5 Å². The first-order chi connectivity index (χ1) is 11.1. The van der Waals surface area contributed by atoms with Gasteiger partial charge in [-0.1, -0.05) is 13.8 Å². The fourth-order valence-electron chi connectivity index (χ4n) is 3.38. The molecule has 23 heavy (non-hydrogen) atoms. The predicted molar refractivity (Wildman–Crippen MR) is 94.2 cm³/mol. The van der Waals surface area contributed by atoms with E-state index in [-0.39, 0.29) is 5.95 Å². The molecule has 0 amide bonds. The van der Waals surface area contributed by atoms with Crippen LogP contribution in [-0.4, -0.2) is 21.6 Å². The second-order valence-corrected chi connectivity index (χ2v) is 5.77. The molecule has 0 saturated heterocycles. The number of aromatic nitrogens is 3. The summed E-state index contributed by atoms with van der Waals surface area (Å²) in [6.07, 6.45) is 2.12. The van der Waals surface area contributed by atoms with E-state index in [0.29, 0.717) is 18.5 Å². The largest absolute Gasteiger partial charge is 0.383 e. The van der Waals surface area contributed by atoms with Gasteiger partial charge >= 0.3 is 0 Å². The molecule has 0 bridgehead atoms. The molecule has 122 valence electrons. The van der Waals surface area contributed by atoms with Gasteiger partial charge in [0.1, 0.15) is 5.82 Å². The van der Waals surface area contributed by atoms with Gasteiger partial charge in [0.05, 0.1) is 17.5 Å². The molecule has 1 aromatic carbocycles. The Kier molecular flexibility index (Phi) is 4.09. The molecule has 0 aliphatic carbocycles. The summed E-state index contributed by atoms with van der Waals surface area (Å²) in [4.78, 5) is 8.43. The number of benzene rings is 1. The molecule has 6 heteroatoms. The SMILES string of the molecule is CCC(CC)n1c(COC)cc2c3c(N)nc(N)nc3ccc21. The number of hydrogen-bond donors (Lipinski definition) is 2. The van der Waals surface area contributed by atoms with Crippen LogP contribution in [0, 0.1) is 0 Å². The van der Waals surface area contributed by atoms with Crippen LogP contribution in [0.2, 0.25) is 0 Å². The highest BCUT2D eigenvalue weighted by molar-refractivity contribution is 6.10. The third kappa shape index (κ3) is 2.49. The van der Waals surface area contributed by atoms with Crippen LogP contribution in [0.5, 0.6) is 0 Å². The maximum Gasteiger partial charge on any atom is 0.222 e. The molecule has 0 spiro atoms. The fraction of sp³-hybridized carbons (Fsp3) is 0.412. The van der Waals surface area contributed by atoms with E-state index in [1.807, 2.05) is 6.07 Å². The fourth-order valence-corrected chi connectivity index (χ4v) is 3.38. The lowest BCUT2D eigenvalue weighted by Crippen LogP contribution is -2.10. The van der Waals surface area contributed by atoms with Gasteiger partial charge in [-0.3, -0.25) is 0 Å². The molecule has 3 aromatic rings. The zero-order valence-electron chi connectivity index (χ0n) is 13.8. The molecule has 0 unspecified atom stereocenters. The number of rotatable bonds is 5. The summed E-state index contributed by atoms with van der Waals surface area (Å²) in [5.74, 6) is 0.620. The Morgan fingerprint density at radius 2 is 1.91 bits per heavy atom. The van der Waals surface area contributed by atoms with Crippen LogP contribution in [0.25, 0.3) is 21.8 Å². The zero-order valence-corrected chi connectivity index (χ0v) is 13.8. The van der Waals surface area contributed by atoms with Crippen molar-refractivity contribution in [3.63, 3.8) is 0 Å². The molecule has 0 atom stereocenters. The zero-order chi connectivity index (χ0) is 16.6. The van der Waals surface area contributed by atoms with E-state index < -0.39 is 0 Å². The van der Waals surface area contributed by atoms with E-state index in [4.69, 9.17) is 16.2 Å². The Morgan fingerprint density at radius 1 is 1.17 bits per heavy atom. The molecule has 0 fully saturated rings. The van der Waals surface area contributed by atoms with Crippen molar-refractivity contribution in [2.24, 2.45) is 0 Å². The van der Waals surface area contributed by atoms with E-state index in [1.165, 1.54) is 0 Å². The second-order valence-electron chi connectivity index (χ2n) is 5.77. The molecular weight excluding hydrogens is 290 g/mol. The highest BCUT2D eigenvalue weighted by Crippen LogP contribution is 2.34. The van der Waals surface area contributed by atoms with Gasteiger partial charge < -0.3 is 20.8 Å². The van der Waals surface area contributed by atoms with E-state index in [0.717, 1.165) is 40.3 Å². The van der Waals surface area contributed by atoms with E-state index in [1.54, 1.807) is 7.11 Å². The Balaban J connectivity index is 2.38. The molecule has 2 heterocycles. The predicted octanol–water partition coefficient (Wildman–Crippen LogP) is 3.26. The van der Waals surface area contributed by atoms with Gasteiger partial charge in [-0.15, -0.1) is 0 Å². The lowest BCUT2D eigenvalue weighted by atomic mass is 10.1. The van der Waals surface area contributed by atoms with Crippen molar-refractivity contribution in [2.45, 2.75) is 39.3 Å². The Morgan fingerprint density at radius 3 is 2.57 bits per heavy atom. The van der Waals surface area contributed by atoms with Gasteiger partial charge in [0.15, 0.2) is 0 Å². The summed E-state index contributed by atoms with van der Waals surface area (Å²) >= 11 is 0. The quantitative estimate of drug-likeness (QED) is 0.754. The van der Waals surface area contributed by atoms with Crippen molar-refractivity contribution < 1.29 is 4.74 Å². The third-order valence-electron chi connectivity index (χ3n) is 4.41. The second kappa shape index (κ2) is 6.04. The number of fused-ring (bicyclic) bond motifs is 3. The molecule has 0 aliphatic rings. The molecular formula is C17H23N5O. The van der Waals surface area contributed by atoms with Gasteiger partial charge in [0.2, 0.25) is 5.95 Å². The lowest BCUT2D eigenvalue weighted by Gasteiger charge is -2.20. The summed E-state index contributed by atoms with van der Waals surface area (Å²) in [7, 11) is 1.71. The Hall–Kier alpha value is -2.34. The molecule has 0 saturated carbocycles. The molecule has 0 aliphatic heterocycles. The molecule has 4 N–H and O–H groups in total. The highest BCUT2D eigenvalue weighted by atomic mass is 16.5. The average molecular weight is 313 g/mol. The summed E-state index contributed by atoms with van der Waals surface area (Å²) in [5, 5.41) is 1.91. The van der Waals surface area contributed by atoms with Crippen molar-refractivity contribution in [1.82, 2.24) is 14.5 Å². The standard InChI is InChI=1S/C17H23N5O/c1-4-10(5-2)22-11(9-23-3)8-12-14(22)7-6-13-15(12)16(18)21-17(19)20-13/h6-8,10H,4-5,9H2,1-3H3,(H4,18,19,20,21). The number of nitrogens with zero attached hydrogens (tertiary/aromatic N) is 3. The number of hydrogen-bond acceptors (Lipinski definition) is 5. The summed E-state index contributed by atoms with van der Waals surface area (Å²) in [5.41, 5.74) is 14.9. The van der Waals surface area contributed by atoms with Crippen LogP contribution in [-0.2, 0) is 11.3 Å². The monoisotopic (exact) mass is 313 g/mol. The Labute approximate surface area is 135 Å².